The van der Waals surface area contributed by atoms with Crippen LogP contribution in [0.4, 0.5) is 0 Å². The zero-order chi connectivity index (χ0) is 7.49. The summed E-state index contributed by atoms with van der Waals surface area (Å²) in [5.74, 6) is 0. The molecule has 0 saturated carbocycles. The van der Waals surface area contributed by atoms with Crippen molar-refractivity contribution in [2.24, 2.45) is 0 Å². The number of hydrogen-bond acceptors (Lipinski definition) is 4. The highest BCUT2D eigenvalue weighted by Gasteiger charge is 1.89. The van der Waals surface area contributed by atoms with Crippen LogP contribution in [0, 0.1) is 0 Å². The molecule has 9 heavy (non-hydrogen) atoms. The highest BCUT2D eigenvalue weighted by Crippen LogP contribution is 2.24. The Hall–Kier alpha value is -0.150. The molecule has 0 unspecified atom stereocenters. The van der Waals surface area contributed by atoms with Crippen LogP contribution in [0.25, 0.3) is 0 Å². The number of phosphoric acid groups is 1. The third-order valence-electron chi connectivity index (χ3n) is 0.469. The SMILES string of the molecule is C=C(C)COP(=O)([O-])[O-]. The molecule has 5 heteroatoms. The van der Waals surface area contributed by atoms with Crippen LogP contribution in [0.3, 0.4) is 0 Å². The minimum atomic E-state index is -4.78. The van der Waals surface area contributed by atoms with Crippen molar-refractivity contribution in [2.75, 3.05) is 6.61 Å². The van der Waals surface area contributed by atoms with Gasteiger partial charge in [-0.2, -0.15) is 0 Å². The first-order valence-corrected chi connectivity index (χ1v) is 3.69. The Labute approximate surface area is 53.4 Å². The van der Waals surface area contributed by atoms with E-state index in [9.17, 15) is 14.4 Å². The molecule has 0 bridgehead atoms. The molecule has 0 aliphatic rings. The second-order valence-corrected chi connectivity index (χ2v) is 2.83. The van der Waals surface area contributed by atoms with E-state index < -0.39 is 7.82 Å². The second-order valence-electron chi connectivity index (χ2n) is 1.68. The summed E-state index contributed by atoms with van der Waals surface area (Å²) in [5.41, 5.74) is 0.502. The normalized spacial score (nSPS) is 11.4. The lowest BCUT2D eigenvalue weighted by Crippen LogP contribution is -2.16. The molecule has 0 aromatic carbocycles. The standard InChI is InChI=1S/C4H9O4P/c1-4(2)3-8-9(5,6)7/h1,3H2,2H3,(H2,5,6,7)/p-2. The van der Waals surface area contributed by atoms with Crippen LogP contribution in [0.1, 0.15) is 6.92 Å². The van der Waals surface area contributed by atoms with E-state index >= 15 is 0 Å². The molecule has 0 saturated heterocycles. The minimum absolute atomic E-state index is 0.218. The van der Waals surface area contributed by atoms with Gasteiger partial charge in [0.25, 0.3) is 0 Å². The fraction of sp³-hybridized carbons (Fsp3) is 0.500. The Morgan fingerprint density at radius 3 is 2.33 bits per heavy atom. The maximum atomic E-state index is 9.74. The van der Waals surface area contributed by atoms with E-state index in [4.69, 9.17) is 0 Å². The molecule has 0 amide bonds. The Bertz CT molecular complexity index is 147. The van der Waals surface area contributed by atoms with Crippen LogP contribution >= 0.6 is 7.82 Å². The average molecular weight is 150 g/mol. The maximum Gasteiger partial charge on any atom is 0.0723 e. The number of phosphoric ester groups is 1. The van der Waals surface area contributed by atoms with Crippen molar-refractivity contribution < 1.29 is 18.9 Å². The average Bonchev–Trinajstić information content (AvgIpc) is 1.59. The molecule has 0 spiro atoms. The zero-order valence-electron chi connectivity index (χ0n) is 4.99. The molecule has 0 fully saturated rings. The first-order valence-electron chi connectivity index (χ1n) is 2.23. The molecule has 0 atom stereocenters. The Balaban J connectivity index is 3.53. The molecule has 0 aliphatic heterocycles. The second kappa shape index (κ2) is 3.13. The lowest BCUT2D eigenvalue weighted by molar-refractivity contribution is -0.341. The van der Waals surface area contributed by atoms with E-state index in [0.717, 1.165) is 0 Å². The molecular weight excluding hydrogens is 143 g/mol. The lowest BCUT2D eigenvalue weighted by Gasteiger charge is -2.28. The van der Waals surface area contributed by atoms with Gasteiger partial charge < -0.3 is 18.9 Å². The molecule has 0 radical (unpaired) electrons. The summed E-state index contributed by atoms with van der Waals surface area (Å²) in [5, 5.41) is 0. The summed E-state index contributed by atoms with van der Waals surface area (Å²) < 4.78 is 13.6. The monoisotopic (exact) mass is 150 g/mol. The summed E-state index contributed by atoms with van der Waals surface area (Å²) in [6, 6.07) is 0. The van der Waals surface area contributed by atoms with E-state index in [1.165, 1.54) is 0 Å². The van der Waals surface area contributed by atoms with Crippen molar-refractivity contribution in [1.29, 1.82) is 0 Å². The third-order valence-corrected chi connectivity index (χ3v) is 0.914. The van der Waals surface area contributed by atoms with Gasteiger partial charge in [0.15, 0.2) is 0 Å². The van der Waals surface area contributed by atoms with Crippen molar-refractivity contribution in [3.63, 3.8) is 0 Å². The molecule has 0 aromatic heterocycles. The summed E-state index contributed by atoms with van der Waals surface area (Å²) >= 11 is 0. The quantitative estimate of drug-likeness (QED) is 0.398. The van der Waals surface area contributed by atoms with Gasteiger partial charge in [-0.3, -0.25) is 0 Å². The summed E-state index contributed by atoms with van der Waals surface area (Å²) in [7, 11) is -4.78. The maximum absolute atomic E-state index is 9.74. The van der Waals surface area contributed by atoms with Crippen LogP contribution in [0.5, 0.6) is 0 Å². The minimum Gasteiger partial charge on any atom is -0.790 e. The van der Waals surface area contributed by atoms with Gasteiger partial charge >= 0.3 is 0 Å². The van der Waals surface area contributed by atoms with Gasteiger partial charge in [-0.15, -0.1) is 0 Å². The largest absolute Gasteiger partial charge is 0.790 e. The van der Waals surface area contributed by atoms with Crippen molar-refractivity contribution in [1.82, 2.24) is 0 Å². The van der Waals surface area contributed by atoms with Gasteiger partial charge in [0, 0.05) is 0 Å². The number of rotatable bonds is 3. The predicted molar refractivity (Wildman–Crippen MR) is 28.4 cm³/mol. The lowest BCUT2D eigenvalue weighted by atomic mass is 10.4. The van der Waals surface area contributed by atoms with Gasteiger partial charge in [0.1, 0.15) is 0 Å². The van der Waals surface area contributed by atoms with Crippen LogP contribution in [-0.4, -0.2) is 6.61 Å². The summed E-state index contributed by atoms with van der Waals surface area (Å²) in [6.07, 6.45) is 0. The Morgan fingerprint density at radius 2 is 2.22 bits per heavy atom. The van der Waals surface area contributed by atoms with Gasteiger partial charge in [-0.25, -0.2) is 0 Å². The van der Waals surface area contributed by atoms with Gasteiger partial charge in [-0.1, -0.05) is 12.2 Å². The van der Waals surface area contributed by atoms with Crippen LogP contribution in [-0.2, 0) is 9.09 Å². The molecular formula is C4H7O4P-2. The Morgan fingerprint density at radius 1 is 1.78 bits per heavy atom. The van der Waals surface area contributed by atoms with Gasteiger partial charge in [-0.05, 0) is 6.92 Å². The summed E-state index contributed by atoms with van der Waals surface area (Å²) in [4.78, 5) is 19.5. The van der Waals surface area contributed by atoms with E-state index in [-0.39, 0.29) is 6.61 Å². The highest BCUT2D eigenvalue weighted by atomic mass is 31.2. The van der Waals surface area contributed by atoms with Crippen molar-refractivity contribution in [3.05, 3.63) is 12.2 Å². The molecule has 0 aliphatic carbocycles. The van der Waals surface area contributed by atoms with Crippen LogP contribution < -0.4 is 9.79 Å². The molecule has 0 heterocycles. The van der Waals surface area contributed by atoms with Crippen LogP contribution in [0.15, 0.2) is 12.2 Å². The van der Waals surface area contributed by atoms with Gasteiger partial charge in [0.05, 0.1) is 14.4 Å². The predicted octanol–water partition coefficient (Wildman–Crippen LogP) is -0.592. The molecule has 54 valence electrons. The van der Waals surface area contributed by atoms with Crippen LogP contribution in [0.2, 0.25) is 0 Å². The van der Waals surface area contributed by atoms with E-state index in [1.807, 2.05) is 0 Å². The van der Waals surface area contributed by atoms with Gasteiger partial charge in [0.2, 0.25) is 0 Å². The fourth-order valence-corrected chi connectivity index (χ4v) is 0.568. The first kappa shape index (κ1) is 8.85. The van der Waals surface area contributed by atoms with E-state index in [0.29, 0.717) is 5.57 Å². The fourth-order valence-electron chi connectivity index (χ4n) is 0.189. The summed E-state index contributed by atoms with van der Waals surface area (Å²) in [6.45, 7) is 4.68. The molecule has 0 N–H and O–H groups in total. The topological polar surface area (TPSA) is 72.4 Å². The Kier molecular flexibility index (Phi) is 3.08. The molecule has 0 aromatic rings. The third kappa shape index (κ3) is 7.85. The highest BCUT2D eigenvalue weighted by molar-refractivity contribution is 7.43. The van der Waals surface area contributed by atoms with Crippen molar-refractivity contribution in [2.45, 2.75) is 6.92 Å². The number of hydrogen-bond donors (Lipinski definition) is 0. The smallest absolute Gasteiger partial charge is 0.0723 e. The van der Waals surface area contributed by atoms with Crippen molar-refractivity contribution in [3.8, 4) is 0 Å². The zero-order valence-corrected chi connectivity index (χ0v) is 5.89. The molecule has 4 nitrogen and oxygen atoms in total. The van der Waals surface area contributed by atoms with Crippen molar-refractivity contribution >= 4 is 7.82 Å². The molecule has 0 rings (SSSR count). The first-order chi connectivity index (χ1) is 3.92. The van der Waals surface area contributed by atoms with E-state index in [2.05, 4.69) is 11.1 Å². The van der Waals surface area contributed by atoms with E-state index in [1.54, 1.807) is 6.92 Å².